The Hall–Kier alpha value is -3.52. The lowest BCUT2D eigenvalue weighted by Crippen LogP contribution is -1.94. The van der Waals surface area contributed by atoms with Crippen LogP contribution in [0.15, 0.2) is 48.8 Å². The molecule has 0 fully saturated rings. The number of aromatic nitrogens is 3. The number of H-pyrrole nitrogens is 1. The summed E-state index contributed by atoms with van der Waals surface area (Å²) >= 11 is 0. The highest BCUT2D eigenvalue weighted by Crippen LogP contribution is 2.34. The van der Waals surface area contributed by atoms with Crippen LogP contribution in [0.5, 0.6) is 11.5 Å². The van der Waals surface area contributed by atoms with Crippen LogP contribution < -0.4 is 9.47 Å². The summed E-state index contributed by atoms with van der Waals surface area (Å²) in [7, 11) is 1.65. The van der Waals surface area contributed by atoms with E-state index in [1.807, 2.05) is 36.4 Å². The van der Waals surface area contributed by atoms with E-state index in [9.17, 15) is 0 Å². The van der Waals surface area contributed by atoms with Gasteiger partial charge in [0.1, 0.15) is 29.4 Å². The van der Waals surface area contributed by atoms with E-state index in [1.54, 1.807) is 19.5 Å². The molecule has 1 N–H and O–H groups in total. The third-order valence-corrected chi connectivity index (χ3v) is 3.99. The average molecular weight is 329 g/mol. The lowest BCUT2D eigenvalue weighted by molar-refractivity contribution is 0.371. The van der Waals surface area contributed by atoms with Gasteiger partial charge < -0.3 is 14.5 Å². The lowest BCUT2D eigenvalue weighted by Gasteiger charge is -2.10. The van der Waals surface area contributed by atoms with Gasteiger partial charge in [-0.3, -0.25) is 4.98 Å². The third-order valence-electron chi connectivity index (χ3n) is 3.99. The molecule has 0 amide bonds. The molecule has 25 heavy (non-hydrogen) atoms. The third kappa shape index (κ3) is 2.74. The molecular formula is C20H15N3O2. The summed E-state index contributed by atoms with van der Waals surface area (Å²) in [5.41, 5.74) is 2.64. The first-order chi connectivity index (χ1) is 12.3. The molecule has 4 aromatic rings. The Labute approximate surface area is 144 Å². The van der Waals surface area contributed by atoms with Crippen molar-refractivity contribution in [1.29, 1.82) is 0 Å². The first kappa shape index (κ1) is 15.0. The number of aromatic amines is 1. The molecule has 0 saturated carbocycles. The fourth-order valence-corrected chi connectivity index (χ4v) is 2.81. The summed E-state index contributed by atoms with van der Waals surface area (Å²) in [6.45, 7) is 0.244. The van der Waals surface area contributed by atoms with Gasteiger partial charge in [-0.05, 0) is 41.1 Å². The number of rotatable bonds is 4. The number of nitrogens with one attached hydrogen (secondary N) is 1. The summed E-state index contributed by atoms with van der Waals surface area (Å²) in [6.07, 6.45) is 8.71. The molecule has 0 aliphatic carbocycles. The van der Waals surface area contributed by atoms with Crippen LogP contribution in [0.3, 0.4) is 0 Å². The van der Waals surface area contributed by atoms with E-state index in [-0.39, 0.29) is 6.61 Å². The van der Waals surface area contributed by atoms with Gasteiger partial charge in [0.15, 0.2) is 0 Å². The van der Waals surface area contributed by atoms with Gasteiger partial charge in [0.05, 0.1) is 24.4 Å². The van der Waals surface area contributed by atoms with E-state index < -0.39 is 0 Å². The Balaban J connectivity index is 1.84. The van der Waals surface area contributed by atoms with E-state index in [2.05, 4.69) is 20.9 Å². The molecule has 0 radical (unpaired) electrons. The maximum Gasteiger partial charge on any atom is 0.148 e. The van der Waals surface area contributed by atoms with Crippen molar-refractivity contribution >= 4 is 21.8 Å². The van der Waals surface area contributed by atoms with Crippen LogP contribution in [-0.2, 0) is 0 Å². The molecule has 0 saturated heterocycles. The minimum Gasteiger partial charge on any atom is -0.496 e. The Morgan fingerprint density at radius 2 is 2.08 bits per heavy atom. The number of benzene rings is 2. The summed E-state index contributed by atoms with van der Waals surface area (Å²) in [6, 6.07) is 11.8. The highest BCUT2D eigenvalue weighted by atomic mass is 16.5. The molecule has 5 heteroatoms. The Kier molecular flexibility index (Phi) is 3.71. The second-order valence-electron chi connectivity index (χ2n) is 5.53. The minimum absolute atomic E-state index is 0.244. The predicted molar refractivity (Wildman–Crippen MR) is 97.7 cm³/mol. The summed E-state index contributed by atoms with van der Waals surface area (Å²) in [5, 5.41) is 2.07. The molecule has 2 heterocycles. The molecule has 5 nitrogen and oxygen atoms in total. The number of nitrogens with zero attached hydrogens (tertiary/aromatic N) is 2. The first-order valence-corrected chi connectivity index (χ1v) is 7.76. The largest absolute Gasteiger partial charge is 0.496 e. The van der Waals surface area contributed by atoms with E-state index in [4.69, 9.17) is 15.9 Å². The molecule has 0 unspecified atom stereocenters. The lowest BCUT2D eigenvalue weighted by atomic mass is 10.0. The average Bonchev–Trinajstić information content (AvgIpc) is 3.09. The van der Waals surface area contributed by atoms with Gasteiger partial charge in [0, 0.05) is 6.20 Å². The predicted octanol–water partition coefficient (Wildman–Crippen LogP) is 3.80. The van der Waals surface area contributed by atoms with Crippen LogP contribution >= 0.6 is 0 Å². The molecule has 0 aliphatic rings. The van der Waals surface area contributed by atoms with E-state index in [1.165, 1.54) is 0 Å². The standard InChI is InChI=1S/C20H15N3O2/c1-3-8-25-15-5-4-13-10-16(19(24-2)11-14(13)9-15)20-22-17-6-7-21-12-18(17)23-20/h1,4-7,9-12H,8H2,2H3,(H,22,23). The van der Waals surface area contributed by atoms with Crippen molar-refractivity contribution in [2.75, 3.05) is 13.7 Å². The highest BCUT2D eigenvalue weighted by molar-refractivity contribution is 5.91. The monoisotopic (exact) mass is 329 g/mol. The first-order valence-electron chi connectivity index (χ1n) is 7.76. The maximum atomic E-state index is 5.58. The van der Waals surface area contributed by atoms with Crippen molar-refractivity contribution in [2.24, 2.45) is 0 Å². The van der Waals surface area contributed by atoms with Gasteiger partial charge >= 0.3 is 0 Å². The van der Waals surface area contributed by atoms with E-state index >= 15 is 0 Å². The molecule has 0 bridgehead atoms. The van der Waals surface area contributed by atoms with Gasteiger partial charge in [0.25, 0.3) is 0 Å². The fraction of sp³-hybridized carbons (Fsp3) is 0.100. The zero-order valence-corrected chi connectivity index (χ0v) is 13.6. The van der Waals surface area contributed by atoms with E-state index in [0.717, 1.165) is 44.7 Å². The molecule has 0 aliphatic heterocycles. The van der Waals surface area contributed by atoms with Gasteiger partial charge in [-0.15, -0.1) is 6.42 Å². The zero-order valence-electron chi connectivity index (χ0n) is 13.6. The SMILES string of the molecule is C#CCOc1ccc2cc(-c3nc4cnccc4[nH]3)c(OC)cc2c1. The van der Waals surface area contributed by atoms with Crippen LogP contribution in [-0.4, -0.2) is 28.7 Å². The Morgan fingerprint density at radius 3 is 2.88 bits per heavy atom. The smallest absolute Gasteiger partial charge is 0.148 e. The van der Waals surface area contributed by atoms with Gasteiger partial charge in [-0.2, -0.15) is 0 Å². The molecule has 2 aromatic carbocycles. The number of methoxy groups -OCH3 is 1. The summed E-state index contributed by atoms with van der Waals surface area (Å²) in [5.74, 6) is 4.67. The molecule has 2 aromatic heterocycles. The molecule has 0 spiro atoms. The normalized spacial score (nSPS) is 10.7. The second kappa shape index (κ2) is 6.17. The summed E-state index contributed by atoms with van der Waals surface area (Å²) in [4.78, 5) is 12.0. The van der Waals surface area contributed by atoms with Crippen molar-refractivity contribution in [2.45, 2.75) is 0 Å². The van der Waals surface area contributed by atoms with Crippen molar-refractivity contribution < 1.29 is 9.47 Å². The van der Waals surface area contributed by atoms with Crippen LogP contribution in [0, 0.1) is 12.3 Å². The van der Waals surface area contributed by atoms with Crippen LogP contribution in [0.4, 0.5) is 0 Å². The fourth-order valence-electron chi connectivity index (χ4n) is 2.81. The Bertz CT molecular complexity index is 1080. The topological polar surface area (TPSA) is 60.0 Å². The maximum absolute atomic E-state index is 5.58. The van der Waals surface area contributed by atoms with Crippen LogP contribution in [0.2, 0.25) is 0 Å². The molecular weight excluding hydrogens is 314 g/mol. The van der Waals surface area contributed by atoms with Crippen molar-refractivity contribution in [3.05, 3.63) is 48.8 Å². The second-order valence-corrected chi connectivity index (χ2v) is 5.53. The van der Waals surface area contributed by atoms with Crippen molar-refractivity contribution in [3.63, 3.8) is 0 Å². The van der Waals surface area contributed by atoms with Crippen molar-refractivity contribution in [1.82, 2.24) is 15.0 Å². The number of fused-ring (bicyclic) bond motifs is 2. The molecule has 122 valence electrons. The highest BCUT2D eigenvalue weighted by Gasteiger charge is 2.13. The quantitative estimate of drug-likeness (QED) is 0.579. The number of hydrogen-bond donors (Lipinski definition) is 1. The molecule has 0 atom stereocenters. The minimum atomic E-state index is 0.244. The van der Waals surface area contributed by atoms with Gasteiger partial charge in [0.2, 0.25) is 0 Å². The number of ether oxygens (including phenoxy) is 2. The zero-order chi connectivity index (χ0) is 17.2. The Morgan fingerprint density at radius 1 is 1.16 bits per heavy atom. The van der Waals surface area contributed by atoms with Gasteiger partial charge in [-0.1, -0.05) is 12.0 Å². The number of hydrogen-bond acceptors (Lipinski definition) is 4. The number of imidazole rings is 1. The number of terminal acetylenes is 1. The molecule has 4 rings (SSSR count). The number of pyridine rings is 1. The van der Waals surface area contributed by atoms with Crippen molar-refractivity contribution in [3.8, 4) is 35.2 Å². The van der Waals surface area contributed by atoms with Crippen LogP contribution in [0.25, 0.3) is 33.2 Å². The van der Waals surface area contributed by atoms with Gasteiger partial charge in [-0.25, -0.2) is 4.98 Å². The van der Waals surface area contributed by atoms with Crippen LogP contribution in [0.1, 0.15) is 0 Å². The van der Waals surface area contributed by atoms with E-state index in [0.29, 0.717) is 0 Å². The summed E-state index contributed by atoms with van der Waals surface area (Å²) < 4.78 is 11.1.